The van der Waals surface area contributed by atoms with Gasteiger partial charge in [0.15, 0.2) is 0 Å². The highest BCUT2D eigenvalue weighted by Gasteiger charge is 2.28. The standard InChI is InChI=1S/C25H21FN4O3/c1-14-8-17(12-28-23(14)33-13-25(2,3)24(31)32)16-5-6-18(19(26)10-16)22-29-20-7-4-15(11-27)9-21(20)30-22/h4-10,12H,13H2,1-3H3,(H,29,30)(H,31,32). The molecule has 4 aromatic rings. The summed E-state index contributed by atoms with van der Waals surface area (Å²) in [5, 5.41) is 18.3. The van der Waals surface area contributed by atoms with Crippen LogP contribution in [-0.2, 0) is 4.79 Å². The molecule has 0 spiro atoms. The van der Waals surface area contributed by atoms with E-state index in [9.17, 15) is 14.3 Å². The maximum Gasteiger partial charge on any atom is 0.312 e. The molecular formula is C25H21FN4O3. The number of H-pyrrole nitrogens is 1. The largest absolute Gasteiger partial charge is 0.481 e. The number of hydrogen-bond donors (Lipinski definition) is 2. The summed E-state index contributed by atoms with van der Waals surface area (Å²) in [6.07, 6.45) is 1.56. The Morgan fingerprint density at radius 3 is 2.67 bits per heavy atom. The minimum absolute atomic E-state index is 0.0216. The molecule has 0 aliphatic carbocycles. The SMILES string of the molecule is Cc1cc(-c2ccc(-c3nc4ccc(C#N)cc4[nH]3)c(F)c2)cnc1OCC(C)(C)C(=O)O. The smallest absolute Gasteiger partial charge is 0.312 e. The second-order valence-electron chi connectivity index (χ2n) is 8.45. The zero-order valence-corrected chi connectivity index (χ0v) is 18.3. The normalized spacial score (nSPS) is 11.4. The lowest BCUT2D eigenvalue weighted by Crippen LogP contribution is -2.31. The van der Waals surface area contributed by atoms with Crippen LogP contribution in [0.2, 0.25) is 0 Å². The number of nitrogens with zero attached hydrogens (tertiary/aromatic N) is 3. The summed E-state index contributed by atoms with van der Waals surface area (Å²) in [5.41, 5.74) is 3.12. The number of imidazole rings is 1. The fourth-order valence-corrected chi connectivity index (χ4v) is 3.28. The van der Waals surface area contributed by atoms with Crippen LogP contribution in [0.5, 0.6) is 5.88 Å². The van der Waals surface area contributed by atoms with Crippen LogP contribution in [0.3, 0.4) is 0 Å². The summed E-state index contributed by atoms with van der Waals surface area (Å²) >= 11 is 0. The molecule has 0 aliphatic heterocycles. The van der Waals surface area contributed by atoms with Gasteiger partial charge in [-0.25, -0.2) is 14.4 Å². The number of rotatable bonds is 6. The van der Waals surface area contributed by atoms with Crippen LogP contribution in [0.15, 0.2) is 48.7 Å². The average Bonchev–Trinajstić information content (AvgIpc) is 3.20. The number of carbonyl (C=O) groups is 1. The van der Waals surface area contributed by atoms with Gasteiger partial charge in [0.2, 0.25) is 5.88 Å². The Hall–Kier alpha value is -4.25. The average molecular weight is 444 g/mol. The maximum atomic E-state index is 15.0. The summed E-state index contributed by atoms with van der Waals surface area (Å²) in [4.78, 5) is 23.0. The Balaban J connectivity index is 1.59. The highest BCUT2D eigenvalue weighted by atomic mass is 19.1. The van der Waals surface area contributed by atoms with Crippen molar-refractivity contribution in [3.63, 3.8) is 0 Å². The number of aromatic nitrogens is 3. The summed E-state index contributed by atoms with van der Waals surface area (Å²) in [6, 6.07) is 13.8. The molecule has 2 N–H and O–H groups in total. The molecule has 0 saturated carbocycles. The zero-order chi connectivity index (χ0) is 23.8. The number of ether oxygens (including phenoxy) is 1. The molecule has 0 atom stereocenters. The van der Waals surface area contributed by atoms with E-state index in [0.717, 1.165) is 0 Å². The number of hydrogen-bond acceptors (Lipinski definition) is 5. The first-order valence-electron chi connectivity index (χ1n) is 10.2. The zero-order valence-electron chi connectivity index (χ0n) is 18.3. The summed E-state index contributed by atoms with van der Waals surface area (Å²) in [7, 11) is 0. The predicted octanol–water partition coefficient (Wildman–Crippen LogP) is 5.10. The van der Waals surface area contributed by atoms with Gasteiger partial charge in [-0.05, 0) is 62.7 Å². The lowest BCUT2D eigenvalue weighted by Gasteiger charge is -2.19. The predicted molar refractivity (Wildman–Crippen MR) is 121 cm³/mol. The summed E-state index contributed by atoms with van der Waals surface area (Å²) in [6.45, 7) is 4.93. The van der Waals surface area contributed by atoms with Crippen LogP contribution in [-0.4, -0.2) is 32.6 Å². The molecule has 0 saturated heterocycles. The third kappa shape index (κ3) is 4.39. The number of carboxylic acid groups (broad SMARTS) is 1. The van der Waals surface area contributed by atoms with E-state index in [0.29, 0.717) is 50.6 Å². The Morgan fingerprint density at radius 1 is 1.21 bits per heavy atom. The van der Waals surface area contributed by atoms with Crippen LogP contribution in [0.25, 0.3) is 33.5 Å². The number of fused-ring (bicyclic) bond motifs is 1. The lowest BCUT2D eigenvalue weighted by atomic mass is 9.95. The van der Waals surface area contributed by atoms with E-state index in [1.54, 1.807) is 57.3 Å². The monoisotopic (exact) mass is 444 g/mol. The summed E-state index contributed by atoms with van der Waals surface area (Å²) in [5.74, 6) is -0.692. The molecule has 7 nitrogen and oxygen atoms in total. The number of aryl methyl sites for hydroxylation is 1. The lowest BCUT2D eigenvalue weighted by molar-refractivity contribution is -0.148. The Kier molecular flexibility index (Phi) is 5.56. The van der Waals surface area contributed by atoms with E-state index in [1.807, 2.05) is 6.07 Å². The van der Waals surface area contributed by atoms with E-state index >= 15 is 0 Å². The fraction of sp³-hybridized carbons (Fsp3) is 0.200. The molecule has 166 valence electrons. The topological polar surface area (TPSA) is 112 Å². The van der Waals surface area contributed by atoms with Crippen molar-refractivity contribution >= 4 is 17.0 Å². The Morgan fingerprint density at radius 2 is 2.00 bits per heavy atom. The van der Waals surface area contributed by atoms with Crippen molar-refractivity contribution in [2.75, 3.05) is 6.61 Å². The van der Waals surface area contributed by atoms with Gasteiger partial charge in [0, 0.05) is 17.3 Å². The van der Waals surface area contributed by atoms with Gasteiger partial charge < -0.3 is 14.8 Å². The first kappa shape index (κ1) is 22.0. The third-order valence-electron chi connectivity index (χ3n) is 5.35. The first-order valence-corrected chi connectivity index (χ1v) is 10.2. The van der Waals surface area contributed by atoms with Gasteiger partial charge in [-0.2, -0.15) is 5.26 Å². The van der Waals surface area contributed by atoms with Crippen LogP contribution < -0.4 is 4.74 Å². The van der Waals surface area contributed by atoms with Gasteiger partial charge >= 0.3 is 5.97 Å². The van der Waals surface area contributed by atoms with Crippen LogP contribution in [0.1, 0.15) is 25.0 Å². The second-order valence-corrected chi connectivity index (χ2v) is 8.45. The van der Waals surface area contributed by atoms with E-state index < -0.39 is 17.2 Å². The number of pyridine rings is 1. The number of aliphatic carboxylic acids is 1. The molecule has 2 aromatic heterocycles. The number of nitrogens with one attached hydrogen (secondary N) is 1. The molecule has 0 fully saturated rings. The quantitative estimate of drug-likeness (QED) is 0.428. The van der Waals surface area contributed by atoms with Crippen molar-refractivity contribution in [2.45, 2.75) is 20.8 Å². The van der Waals surface area contributed by atoms with Crippen molar-refractivity contribution in [3.8, 4) is 34.5 Å². The highest BCUT2D eigenvalue weighted by Crippen LogP contribution is 2.30. The number of halogens is 1. The molecule has 2 heterocycles. The van der Waals surface area contributed by atoms with Crippen LogP contribution >= 0.6 is 0 Å². The second kappa shape index (κ2) is 8.36. The van der Waals surface area contributed by atoms with Crippen molar-refractivity contribution in [1.29, 1.82) is 5.26 Å². The van der Waals surface area contributed by atoms with E-state index in [4.69, 9.17) is 10.00 Å². The molecule has 4 rings (SSSR count). The van der Waals surface area contributed by atoms with Crippen molar-refractivity contribution < 1.29 is 19.0 Å². The maximum absolute atomic E-state index is 15.0. The van der Waals surface area contributed by atoms with Gasteiger partial charge in [0.1, 0.15) is 18.2 Å². The fourth-order valence-electron chi connectivity index (χ4n) is 3.28. The number of aromatic amines is 1. The molecule has 2 aromatic carbocycles. The van der Waals surface area contributed by atoms with Crippen LogP contribution in [0.4, 0.5) is 4.39 Å². The molecule has 0 aliphatic rings. The Labute approximate surface area is 189 Å². The molecule has 0 bridgehead atoms. The molecule has 0 amide bonds. The van der Waals surface area contributed by atoms with Gasteiger partial charge in [-0.1, -0.05) is 6.07 Å². The third-order valence-corrected chi connectivity index (χ3v) is 5.35. The minimum atomic E-state index is -1.04. The van der Waals surface area contributed by atoms with Crippen molar-refractivity contribution in [2.24, 2.45) is 5.41 Å². The van der Waals surface area contributed by atoms with Gasteiger partial charge in [-0.3, -0.25) is 4.79 Å². The summed E-state index contributed by atoms with van der Waals surface area (Å²) < 4.78 is 20.6. The Bertz CT molecular complexity index is 1420. The molecule has 0 radical (unpaired) electrons. The number of carboxylic acids is 1. The molecule has 0 unspecified atom stereocenters. The van der Waals surface area contributed by atoms with Crippen molar-refractivity contribution in [3.05, 3.63) is 65.6 Å². The number of nitriles is 1. The molecular weight excluding hydrogens is 423 g/mol. The van der Waals surface area contributed by atoms with E-state index in [-0.39, 0.29) is 6.61 Å². The minimum Gasteiger partial charge on any atom is -0.481 e. The van der Waals surface area contributed by atoms with Crippen molar-refractivity contribution in [1.82, 2.24) is 15.0 Å². The van der Waals surface area contributed by atoms with Crippen LogP contribution in [0, 0.1) is 29.5 Å². The van der Waals surface area contributed by atoms with Gasteiger partial charge in [0.05, 0.1) is 33.6 Å². The highest BCUT2D eigenvalue weighted by molar-refractivity contribution is 5.81. The first-order chi connectivity index (χ1) is 15.7. The van der Waals surface area contributed by atoms with E-state index in [1.165, 1.54) is 6.07 Å². The number of benzene rings is 2. The molecule has 8 heteroatoms. The van der Waals surface area contributed by atoms with Gasteiger partial charge in [-0.15, -0.1) is 0 Å². The van der Waals surface area contributed by atoms with E-state index in [2.05, 4.69) is 21.0 Å². The van der Waals surface area contributed by atoms with Gasteiger partial charge in [0.25, 0.3) is 0 Å². The molecule has 33 heavy (non-hydrogen) atoms.